The maximum atomic E-state index is 5.63. The molecule has 0 amide bonds. The molecule has 0 saturated heterocycles. The van der Waals surface area contributed by atoms with E-state index < -0.39 is 0 Å². The van der Waals surface area contributed by atoms with Gasteiger partial charge in [0.25, 0.3) is 0 Å². The van der Waals surface area contributed by atoms with Gasteiger partial charge in [0, 0.05) is 13.2 Å². The molecule has 0 fully saturated rings. The fourth-order valence-electron chi connectivity index (χ4n) is 3.56. The maximum absolute atomic E-state index is 5.63. The van der Waals surface area contributed by atoms with E-state index in [-0.39, 0.29) is 0 Å². The van der Waals surface area contributed by atoms with Crippen molar-refractivity contribution in [2.45, 2.75) is 117 Å². The molecule has 0 aromatic rings. The molecule has 0 aliphatic carbocycles. The van der Waals surface area contributed by atoms with Crippen LogP contribution in [0.5, 0.6) is 0 Å². The molecule has 0 saturated carbocycles. The van der Waals surface area contributed by atoms with Gasteiger partial charge in [-0.1, -0.05) is 103 Å². The van der Waals surface area contributed by atoms with Crippen LogP contribution >= 0.6 is 0 Å². The molecule has 30 heavy (non-hydrogen) atoms. The average Bonchev–Trinajstić information content (AvgIpc) is 2.76. The fourth-order valence-corrected chi connectivity index (χ4v) is 3.56. The second-order valence-electron chi connectivity index (χ2n) is 8.34. The Bertz CT molecular complexity index is 258. The largest absolute Gasteiger partial charge is 0.379 e. The lowest BCUT2D eigenvalue weighted by molar-refractivity contribution is -0.000841. The molecule has 0 aromatic heterocycles. The summed E-state index contributed by atoms with van der Waals surface area (Å²) in [6.07, 6.45) is 22.5. The Hall–Kier alpha value is -0.160. The summed E-state index contributed by atoms with van der Waals surface area (Å²) < 4.78 is 21.7. The first-order valence-electron chi connectivity index (χ1n) is 13.2. The van der Waals surface area contributed by atoms with Gasteiger partial charge < -0.3 is 18.9 Å². The van der Waals surface area contributed by atoms with Crippen molar-refractivity contribution < 1.29 is 18.9 Å². The predicted octanol–water partition coefficient (Wildman–Crippen LogP) is 7.33. The molecule has 0 bridgehead atoms. The topological polar surface area (TPSA) is 36.9 Å². The van der Waals surface area contributed by atoms with Crippen molar-refractivity contribution in [3.63, 3.8) is 0 Å². The Morgan fingerprint density at radius 2 is 0.600 bits per heavy atom. The number of unbranched alkanes of at least 4 members (excludes halogenated alkanes) is 15. The van der Waals surface area contributed by atoms with Crippen molar-refractivity contribution >= 4 is 0 Å². The normalized spacial score (nSPS) is 11.4. The number of hydrogen-bond acceptors (Lipinski definition) is 4. The molecular formula is C26H54O4. The molecule has 182 valence electrons. The molecule has 4 heteroatoms. The predicted molar refractivity (Wildman–Crippen MR) is 128 cm³/mol. The zero-order chi connectivity index (χ0) is 21.8. The van der Waals surface area contributed by atoms with Crippen LogP contribution in [0.1, 0.15) is 117 Å². The summed E-state index contributed by atoms with van der Waals surface area (Å²) in [5.74, 6) is 0. The second-order valence-corrected chi connectivity index (χ2v) is 8.34. The van der Waals surface area contributed by atoms with Crippen LogP contribution in [0.25, 0.3) is 0 Å². The van der Waals surface area contributed by atoms with Crippen molar-refractivity contribution in [3.05, 3.63) is 0 Å². The quantitative estimate of drug-likeness (QED) is 0.128. The standard InChI is InChI=1S/C26H54O4/c1-3-5-6-7-8-9-10-11-12-13-14-15-16-17-18-19-20-28-23-24-30-26-25-29-22-21-27-4-2/h3-26H2,1-2H3. The Morgan fingerprint density at radius 3 is 0.967 bits per heavy atom. The Labute approximate surface area is 188 Å². The summed E-state index contributed by atoms with van der Waals surface area (Å²) in [6.45, 7) is 9.82. The van der Waals surface area contributed by atoms with Gasteiger partial charge >= 0.3 is 0 Å². The minimum atomic E-state index is 0.631. The Kier molecular flexibility index (Phi) is 28.7. The third-order valence-corrected chi connectivity index (χ3v) is 5.46. The summed E-state index contributed by atoms with van der Waals surface area (Å²) in [5, 5.41) is 0. The molecule has 0 unspecified atom stereocenters. The average molecular weight is 431 g/mol. The van der Waals surface area contributed by atoms with Crippen LogP contribution in [0.3, 0.4) is 0 Å². The molecule has 0 atom stereocenters. The van der Waals surface area contributed by atoms with Gasteiger partial charge in [0.1, 0.15) is 0 Å². The smallest absolute Gasteiger partial charge is 0.0701 e. The Morgan fingerprint density at radius 1 is 0.300 bits per heavy atom. The fraction of sp³-hybridized carbons (Fsp3) is 1.00. The van der Waals surface area contributed by atoms with E-state index in [1.807, 2.05) is 6.92 Å². The van der Waals surface area contributed by atoms with E-state index in [0.29, 0.717) is 39.6 Å². The lowest BCUT2D eigenvalue weighted by atomic mass is 10.0. The summed E-state index contributed by atoms with van der Waals surface area (Å²) in [6, 6.07) is 0. The highest BCUT2D eigenvalue weighted by molar-refractivity contribution is 4.50. The highest BCUT2D eigenvalue weighted by atomic mass is 16.6. The van der Waals surface area contributed by atoms with Gasteiger partial charge in [-0.3, -0.25) is 0 Å². The monoisotopic (exact) mass is 430 g/mol. The molecule has 0 rings (SSSR count). The lowest BCUT2D eigenvalue weighted by Gasteiger charge is -2.07. The molecule has 0 N–H and O–H groups in total. The molecule has 0 aliphatic heterocycles. The third-order valence-electron chi connectivity index (χ3n) is 5.46. The van der Waals surface area contributed by atoms with E-state index in [1.165, 1.54) is 103 Å². The SMILES string of the molecule is CCCCCCCCCCCCCCCCCCOCCOCCOCCOCC. The van der Waals surface area contributed by atoms with Gasteiger partial charge in [0.15, 0.2) is 0 Å². The van der Waals surface area contributed by atoms with Crippen LogP contribution in [-0.4, -0.2) is 52.9 Å². The minimum Gasteiger partial charge on any atom is -0.379 e. The minimum absolute atomic E-state index is 0.631. The Balaban J connectivity index is 2.97. The molecule has 4 nitrogen and oxygen atoms in total. The van der Waals surface area contributed by atoms with Crippen LogP contribution in [-0.2, 0) is 18.9 Å². The van der Waals surface area contributed by atoms with Crippen LogP contribution in [0.2, 0.25) is 0 Å². The van der Waals surface area contributed by atoms with Crippen molar-refractivity contribution in [3.8, 4) is 0 Å². The molecule has 0 spiro atoms. The molecule has 0 aromatic carbocycles. The van der Waals surface area contributed by atoms with E-state index in [4.69, 9.17) is 18.9 Å². The zero-order valence-electron chi connectivity index (χ0n) is 20.6. The lowest BCUT2D eigenvalue weighted by Crippen LogP contribution is -2.12. The number of hydrogen-bond donors (Lipinski definition) is 0. The van der Waals surface area contributed by atoms with Crippen LogP contribution in [0, 0.1) is 0 Å². The van der Waals surface area contributed by atoms with E-state index >= 15 is 0 Å². The molecule has 0 heterocycles. The van der Waals surface area contributed by atoms with Crippen molar-refractivity contribution in [1.29, 1.82) is 0 Å². The third kappa shape index (κ3) is 27.8. The van der Waals surface area contributed by atoms with E-state index in [9.17, 15) is 0 Å². The summed E-state index contributed by atoms with van der Waals surface area (Å²) in [7, 11) is 0. The van der Waals surface area contributed by atoms with Gasteiger partial charge in [-0.05, 0) is 13.3 Å². The maximum Gasteiger partial charge on any atom is 0.0701 e. The van der Waals surface area contributed by atoms with Crippen LogP contribution in [0.15, 0.2) is 0 Å². The summed E-state index contributed by atoms with van der Waals surface area (Å²) in [5.41, 5.74) is 0. The highest BCUT2D eigenvalue weighted by Crippen LogP contribution is 2.13. The first kappa shape index (κ1) is 29.8. The van der Waals surface area contributed by atoms with Gasteiger partial charge in [-0.2, -0.15) is 0 Å². The van der Waals surface area contributed by atoms with E-state index in [0.717, 1.165) is 13.2 Å². The zero-order valence-corrected chi connectivity index (χ0v) is 20.6. The van der Waals surface area contributed by atoms with Gasteiger partial charge in [0.05, 0.1) is 39.6 Å². The first-order valence-corrected chi connectivity index (χ1v) is 13.2. The van der Waals surface area contributed by atoms with Gasteiger partial charge in [-0.25, -0.2) is 0 Å². The van der Waals surface area contributed by atoms with Crippen molar-refractivity contribution in [2.75, 3.05) is 52.9 Å². The second kappa shape index (κ2) is 28.8. The molecule has 0 radical (unpaired) electrons. The van der Waals surface area contributed by atoms with E-state index in [1.54, 1.807) is 0 Å². The summed E-state index contributed by atoms with van der Waals surface area (Å²) >= 11 is 0. The highest BCUT2D eigenvalue weighted by Gasteiger charge is 1.96. The summed E-state index contributed by atoms with van der Waals surface area (Å²) in [4.78, 5) is 0. The van der Waals surface area contributed by atoms with Gasteiger partial charge in [-0.15, -0.1) is 0 Å². The molecule has 0 aliphatic rings. The van der Waals surface area contributed by atoms with E-state index in [2.05, 4.69) is 6.92 Å². The molecular weight excluding hydrogens is 376 g/mol. The first-order chi connectivity index (χ1) is 14.9. The van der Waals surface area contributed by atoms with Crippen molar-refractivity contribution in [1.82, 2.24) is 0 Å². The van der Waals surface area contributed by atoms with Crippen LogP contribution < -0.4 is 0 Å². The van der Waals surface area contributed by atoms with Gasteiger partial charge in [0.2, 0.25) is 0 Å². The number of rotatable bonds is 27. The van der Waals surface area contributed by atoms with Crippen LogP contribution in [0.4, 0.5) is 0 Å². The number of ether oxygens (including phenoxy) is 4. The van der Waals surface area contributed by atoms with Crippen molar-refractivity contribution in [2.24, 2.45) is 0 Å².